The quantitative estimate of drug-likeness (QED) is 0.766. The monoisotopic (exact) mass is 255 g/mol. The number of nitrogens with two attached hydrogens (primary N) is 1. The number of benzene rings is 1. The lowest BCUT2D eigenvalue weighted by atomic mass is 10.1. The van der Waals surface area contributed by atoms with Crippen molar-refractivity contribution in [2.45, 2.75) is 26.7 Å². The maximum absolute atomic E-state index is 10.6. The third kappa shape index (κ3) is 5.05. The molecule has 1 rings (SSSR count). The molecule has 0 aromatic heterocycles. The number of unbranched alkanes of at least 4 members (excludes halogenated alkanes) is 1. The first kappa shape index (κ1) is 16.2. The van der Waals surface area contributed by atoms with E-state index >= 15 is 0 Å². The third-order valence-corrected chi connectivity index (χ3v) is 2.30. The second-order valence-corrected chi connectivity index (χ2v) is 3.79. The van der Waals surface area contributed by atoms with E-state index < -0.39 is 5.97 Å². The number of hydrogen-bond donors (Lipinski definition) is 3. The summed E-state index contributed by atoms with van der Waals surface area (Å²) in [7, 11) is 1.46. The van der Waals surface area contributed by atoms with Crippen molar-refractivity contribution in [1.29, 1.82) is 0 Å². The molecule has 18 heavy (non-hydrogen) atoms. The van der Waals surface area contributed by atoms with Gasteiger partial charge in [0.2, 0.25) is 0 Å². The molecule has 1 aromatic carbocycles. The summed E-state index contributed by atoms with van der Waals surface area (Å²) in [5, 5.41) is 17.9. The van der Waals surface area contributed by atoms with Crippen LogP contribution in [-0.4, -0.2) is 29.8 Å². The number of aromatic carboxylic acids is 1. The Labute approximate surface area is 107 Å². The van der Waals surface area contributed by atoms with Crippen LogP contribution in [0.2, 0.25) is 0 Å². The molecule has 0 amide bonds. The second-order valence-electron chi connectivity index (χ2n) is 3.79. The molecule has 0 fully saturated rings. The zero-order valence-electron chi connectivity index (χ0n) is 11.1. The van der Waals surface area contributed by atoms with E-state index in [2.05, 4.69) is 6.92 Å². The third-order valence-electron chi connectivity index (χ3n) is 2.30. The number of carboxylic acid groups (broad SMARTS) is 1. The predicted octanol–water partition coefficient (Wildman–Crippen LogP) is 2.15. The molecule has 0 unspecified atom stereocenters. The topological polar surface area (TPSA) is 92.8 Å². The van der Waals surface area contributed by atoms with Crippen molar-refractivity contribution < 1.29 is 19.7 Å². The molecule has 0 aliphatic rings. The average Bonchev–Trinajstić information content (AvgIpc) is 2.33. The first-order chi connectivity index (χ1) is 8.47. The van der Waals surface area contributed by atoms with Gasteiger partial charge < -0.3 is 20.7 Å². The van der Waals surface area contributed by atoms with Crippen LogP contribution in [0.15, 0.2) is 12.1 Å². The first-order valence-electron chi connectivity index (χ1n) is 5.78. The lowest BCUT2D eigenvalue weighted by molar-refractivity contribution is 0.0693. The highest BCUT2D eigenvalue weighted by molar-refractivity contribution is 5.91. The summed E-state index contributed by atoms with van der Waals surface area (Å²) >= 11 is 0. The molecular formula is C13H21NO4. The number of ether oxygens (including phenoxy) is 1. The molecule has 1 aromatic rings. The standard InChI is InChI=1S/C9H10O4.C4H11N/c1-5-3-6(9(11)12)7(10)4-8(5)13-2;1-2-3-4-5/h3-4,10H,1-2H3,(H,11,12);2-5H2,1H3. The molecule has 0 spiro atoms. The fraction of sp³-hybridized carbons (Fsp3) is 0.462. The van der Waals surface area contributed by atoms with E-state index in [0.717, 1.165) is 6.54 Å². The Morgan fingerprint density at radius 3 is 2.39 bits per heavy atom. The highest BCUT2D eigenvalue weighted by Gasteiger charge is 2.12. The van der Waals surface area contributed by atoms with Crippen molar-refractivity contribution >= 4 is 5.97 Å². The largest absolute Gasteiger partial charge is 0.507 e. The summed E-state index contributed by atoms with van der Waals surface area (Å²) in [6, 6.07) is 2.66. The van der Waals surface area contributed by atoms with Gasteiger partial charge in [-0.1, -0.05) is 13.3 Å². The van der Waals surface area contributed by atoms with Crippen LogP contribution in [0.1, 0.15) is 35.7 Å². The van der Waals surface area contributed by atoms with Crippen LogP contribution in [-0.2, 0) is 0 Å². The Bertz CT molecular complexity index is 389. The van der Waals surface area contributed by atoms with Crippen LogP contribution in [0.4, 0.5) is 0 Å². The molecule has 0 saturated heterocycles. The summed E-state index contributed by atoms with van der Waals surface area (Å²) in [4.78, 5) is 10.6. The molecule has 5 nitrogen and oxygen atoms in total. The minimum atomic E-state index is -1.15. The predicted molar refractivity (Wildman–Crippen MR) is 70.3 cm³/mol. The zero-order chi connectivity index (χ0) is 14.1. The molecule has 4 N–H and O–H groups in total. The molecular weight excluding hydrogens is 234 g/mol. The maximum atomic E-state index is 10.6. The summed E-state index contributed by atoms with van der Waals surface area (Å²) in [6.07, 6.45) is 2.39. The Hall–Kier alpha value is -1.75. The van der Waals surface area contributed by atoms with Gasteiger partial charge in [-0.15, -0.1) is 0 Å². The summed E-state index contributed by atoms with van der Waals surface area (Å²) in [5.41, 5.74) is 5.70. The van der Waals surface area contributed by atoms with E-state index in [0.29, 0.717) is 11.3 Å². The van der Waals surface area contributed by atoms with Gasteiger partial charge in [0.25, 0.3) is 0 Å². The molecule has 102 valence electrons. The van der Waals surface area contributed by atoms with Crippen molar-refractivity contribution in [3.8, 4) is 11.5 Å². The van der Waals surface area contributed by atoms with E-state index in [1.807, 2.05) is 0 Å². The van der Waals surface area contributed by atoms with E-state index in [9.17, 15) is 9.90 Å². The summed E-state index contributed by atoms with van der Waals surface area (Å²) in [6.45, 7) is 4.69. The van der Waals surface area contributed by atoms with Crippen LogP contribution in [0.5, 0.6) is 11.5 Å². The highest BCUT2D eigenvalue weighted by atomic mass is 16.5. The van der Waals surface area contributed by atoms with Gasteiger partial charge in [0.15, 0.2) is 0 Å². The van der Waals surface area contributed by atoms with Gasteiger partial charge in [0.1, 0.15) is 17.1 Å². The van der Waals surface area contributed by atoms with Gasteiger partial charge in [-0.2, -0.15) is 0 Å². The minimum Gasteiger partial charge on any atom is -0.507 e. The number of methoxy groups -OCH3 is 1. The smallest absolute Gasteiger partial charge is 0.339 e. The van der Waals surface area contributed by atoms with Crippen molar-refractivity contribution in [2.75, 3.05) is 13.7 Å². The molecule has 0 aliphatic heterocycles. The van der Waals surface area contributed by atoms with Crippen LogP contribution in [0.25, 0.3) is 0 Å². The molecule has 0 saturated carbocycles. The van der Waals surface area contributed by atoms with Crippen LogP contribution in [0, 0.1) is 6.92 Å². The molecule has 0 radical (unpaired) electrons. The van der Waals surface area contributed by atoms with Gasteiger partial charge in [-0.05, 0) is 31.5 Å². The summed E-state index contributed by atoms with van der Waals surface area (Å²) in [5.74, 6) is -0.958. The van der Waals surface area contributed by atoms with E-state index in [1.165, 1.54) is 32.1 Å². The fourth-order valence-electron chi connectivity index (χ4n) is 1.27. The lowest BCUT2D eigenvalue weighted by Crippen LogP contribution is -1.98. The Balaban J connectivity index is 0.000000494. The van der Waals surface area contributed by atoms with Gasteiger partial charge >= 0.3 is 5.97 Å². The summed E-state index contributed by atoms with van der Waals surface area (Å²) < 4.78 is 4.91. The zero-order valence-corrected chi connectivity index (χ0v) is 11.1. The Morgan fingerprint density at radius 1 is 1.44 bits per heavy atom. The van der Waals surface area contributed by atoms with Gasteiger partial charge in [-0.25, -0.2) is 4.79 Å². The number of hydrogen-bond acceptors (Lipinski definition) is 4. The minimum absolute atomic E-state index is 0.113. The van der Waals surface area contributed by atoms with Crippen molar-refractivity contribution in [1.82, 2.24) is 0 Å². The SMILES string of the molecule is CCCCN.COc1cc(O)c(C(=O)O)cc1C. The lowest BCUT2D eigenvalue weighted by Gasteiger charge is -2.06. The molecule has 0 aliphatic carbocycles. The van der Waals surface area contributed by atoms with Crippen LogP contribution in [0.3, 0.4) is 0 Å². The van der Waals surface area contributed by atoms with E-state index in [4.69, 9.17) is 15.6 Å². The number of aromatic hydroxyl groups is 1. The van der Waals surface area contributed by atoms with Crippen LogP contribution < -0.4 is 10.5 Å². The van der Waals surface area contributed by atoms with Gasteiger partial charge in [0.05, 0.1) is 7.11 Å². The fourth-order valence-corrected chi connectivity index (χ4v) is 1.27. The van der Waals surface area contributed by atoms with E-state index in [1.54, 1.807) is 6.92 Å². The second kappa shape index (κ2) is 8.36. The molecule has 5 heteroatoms. The van der Waals surface area contributed by atoms with Crippen molar-refractivity contribution in [2.24, 2.45) is 5.73 Å². The Morgan fingerprint density at radius 2 is 2.06 bits per heavy atom. The normalized spacial score (nSPS) is 9.33. The number of rotatable bonds is 4. The molecule has 0 atom stereocenters. The number of aryl methyl sites for hydroxylation is 1. The van der Waals surface area contributed by atoms with Crippen molar-refractivity contribution in [3.05, 3.63) is 23.3 Å². The number of phenols is 1. The number of carboxylic acids is 1. The van der Waals surface area contributed by atoms with Gasteiger partial charge in [-0.3, -0.25) is 0 Å². The maximum Gasteiger partial charge on any atom is 0.339 e. The Kier molecular flexibility index (Phi) is 7.54. The van der Waals surface area contributed by atoms with Gasteiger partial charge in [0, 0.05) is 6.07 Å². The first-order valence-corrected chi connectivity index (χ1v) is 5.78. The number of carbonyl (C=O) groups is 1. The molecule has 0 bridgehead atoms. The van der Waals surface area contributed by atoms with Crippen LogP contribution >= 0.6 is 0 Å². The van der Waals surface area contributed by atoms with Crippen molar-refractivity contribution in [3.63, 3.8) is 0 Å². The average molecular weight is 255 g/mol. The molecule has 0 heterocycles. The highest BCUT2D eigenvalue weighted by Crippen LogP contribution is 2.27. The van der Waals surface area contributed by atoms with E-state index in [-0.39, 0.29) is 11.3 Å².